The van der Waals surface area contributed by atoms with Gasteiger partial charge in [0.2, 0.25) is 0 Å². The molecule has 0 radical (unpaired) electrons. The molecule has 0 fully saturated rings. The molecule has 1 unspecified atom stereocenters. The summed E-state index contributed by atoms with van der Waals surface area (Å²) in [5.41, 5.74) is 4.44. The van der Waals surface area contributed by atoms with Gasteiger partial charge in [-0.2, -0.15) is 0 Å². The van der Waals surface area contributed by atoms with Crippen LogP contribution >= 0.6 is 11.6 Å². The van der Waals surface area contributed by atoms with Gasteiger partial charge in [0.1, 0.15) is 5.82 Å². The smallest absolute Gasteiger partial charge is 0.303 e. The van der Waals surface area contributed by atoms with E-state index in [4.69, 9.17) is 21.8 Å². The molecule has 4 N–H and O–H groups in total. The van der Waals surface area contributed by atoms with E-state index in [2.05, 4.69) is 16.7 Å². The van der Waals surface area contributed by atoms with Crippen molar-refractivity contribution in [3.8, 4) is 0 Å². The second kappa shape index (κ2) is 14.6. The molecule has 7 nitrogen and oxygen atoms in total. The molecule has 0 spiro atoms. The average Bonchev–Trinajstić information content (AvgIpc) is 3.08. The van der Waals surface area contributed by atoms with Gasteiger partial charge in [0.15, 0.2) is 5.78 Å². The lowest BCUT2D eigenvalue weighted by Crippen LogP contribution is -2.16. The van der Waals surface area contributed by atoms with E-state index in [9.17, 15) is 18.8 Å². The van der Waals surface area contributed by atoms with Crippen molar-refractivity contribution in [1.82, 2.24) is 5.32 Å². The Morgan fingerprint density at radius 3 is 2.36 bits per heavy atom. The van der Waals surface area contributed by atoms with Crippen molar-refractivity contribution in [1.29, 1.82) is 0 Å². The van der Waals surface area contributed by atoms with Crippen LogP contribution in [0.3, 0.4) is 0 Å². The fourth-order valence-corrected chi connectivity index (χ4v) is 4.05. The first-order valence-electron chi connectivity index (χ1n) is 12.1. The molecule has 1 aliphatic heterocycles. The quantitative estimate of drug-likeness (QED) is 0.313. The minimum Gasteiger partial charge on any atom is -0.481 e. The van der Waals surface area contributed by atoms with E-state index in [0.29, 0.717) is 18.0 Å². The number of carbonyl (C=O) groups excluding carboxylic acids is 1. The Kier molecular flexibility index (Phi) is 11.8. The molecular weight excluding hydrogens is 487 g/mol. The van der Waals surface area contributed by atoms with Crippen molar-refractivity contribution >= 4 is 35.0 Å². The Hall–Kier alpha value is -2.97. The van der Waals surface area contributed by atoms with E-state index in [0.717, 1.165) is 43.6 Å². The molecule has 36 heavy (non-hydrogen) atoms. The second-order valence-electron chi connectivity index (χ2n) is 8.91. The standard InChI is InChI=1S/C23H28ClFN2O.C4H6O4/c1-3-15(2)12-22(28)19-6-4-16(13-21(19)25)14-27-23-18-9-11-26-10-8-17(18)5-7-20(23)24;5-3(6)1-2-4(7)8/h4-7,13,15,26-27H,3,8-12,14H2,1-2H3;1-2H2,(H,5,6)(H,7,8). The number of aliphatic carboxylic acids is 2. The number of hydrogen-bond acceptors (Lipinski definition) is 5. The van der Waals surface area contributed by atoms with Gasteiger partial charge in [-0.25, -0.2) is 4.39 Å². The van der Waals surface area contributed by atoms with Crippen LogP contribution < -0.4 is 10.6 Å². The first kappa shape index (κ1) is 29.3. The zero-order chi connectivity index (χ0) is 26.7. The van der Waals surface area contributed by atoms with E-state index in [-0.39, 0.29) is 30.1 Å². The molecule has 2 aromatic rings. The molecular formula is C27H34ClFN2O5. The lowest BCUT2D eigenvalue weighted by atomic mass is 9.97. The summed E-state index contributed by atoms with van der Waals surface area (Å²) in [5, 5.41) is 23.3. The highest BCUT2D eigenvalue weighted by molar-refractivity contribution is 6.33. The van der Waals surface area contributed by atoms with Crippen LogP contribution in [0.4, 0.5) is 10.1 Å². The minimum atomic E-state index is -1.08. The predicted molar refractivity (Wildman–Crippen MR) is 138 cm³/mol. The van der Waals surface area contributed by atoms with Crippen molar-refractivity contribution in [3.63, 3.8) is 0 Å². The number of anilines is 1. The van der Waals surface area contributed by atoms with Crippen LogP contribution in [0.1, 0.15) is 66.6 Å². The molecule has 0 aromatic heterocycles. The summed E-state index contributed by atoms with van der Waals surface area (Å²) >= 11 is 6.44. The third-order valence-electron chi connectivity index (χ3n) is 6.07. The summed E-state index contributed by atoms with van der Waals surface area (Å²) < 4.78 is 14.5. The molecule has 0 aliphatic carbocycles. The molecule has 0 amide bonds. The summed E-state index contributed by atoms with van der Waals surface area (Å²) in [6.07, 6.45) is 2.58. The number of carbonyl (C=O) groups is 3. The molecule has 1 heterocycles. The SMILES string of the molecule is CCC(C)CC(=O)c1ccc(CNc2c(Cl)ccc3c2CCNCC3)cc1F.O=C(O)CCC(=O)O. The van der Waals surface area contributed by atoms with Crippen molar-refractivity contribution in [2.75, 3.05) is 18.4 Å². The Morgan fingerprint density at radius 2 is 1.75 bits per heavy atom. The number of nitrogens with one attached hydrogen (secondary N) is 2. The maximum absolute atomic E-state index is 14.5. The predicted octanol–water partition coefficient (Wildman–Crippen LogP) is 5.33. The highest BCUT2D eigenvalue weighted by Gasteiger charge is 2.17. The number of rotatable bonds is 10. The lowest BCUT2D eigenvalue weighted by Gasteiger charge is -2.16. The Balaban J connectivity index is 0.000000493. The fraction of sp³-hybridized carbons (Fsp3) is 0.444. The molecule has 196 valence electrons. The summed E-state index contributed by atoms with van der Waals surface area (Å²) in [6.45, 7) is 6.39. The van der Waals surface area contributed by atoms with Crippen LogP contribution in [0.15, 0.2) is 30.3 Å². The first-order valence-corrected chi connectivity index (χ1v) is 12.5. The summed E-state index contributed by atoms with van der Waals surface area (Å²) in [4.78, 5) is 31.6. The van der Waals surface area contributed by atoms with E-state index in [1.165, 1.54) is 17.2 Å². The molecule has 2 aromatic carbocycles. The van der Waals surface area contributed by atoms with Crippen molar-refractivity contribution in [3.05, 3.63) is 63.4 Å². The molecule has 0 bridgehead atoms. The highest BCUT2D eigenvalue weighted by atomic mass is 35.5. The average molecular weight is 521 g/mol. The Morgan fingerprint density at radius 1 is 1.08 bits per heavy atom. The minimum absolute atomic E-state index is 0.129. The highest BCUT2D eigenvalue weighted by Crippen LogP contribution is 2.31. The van der Waals surface area contributed by atoms with Crippen LogP contribution in [0, 0.1) is 11.7 Å². The number of halogens is 2. The number of ketones is 1. The molecule has 0 saturated heterocycles. The third kappa shape index (κ3) is 9.24. The van der Waals surface area contributed by atoms with E-state index >= 15 is 0 Å². The molecule has 1 atom stereocenters. The normalized spacial score (nSPS) is 13.4. The Bertz CT molecular complexity index is 1060. The zero-order valence-corrected chi connectivity index (χ0v) is 21.5. The number of carboxylic acid groups (broad SMARTS) is 2. The number of fused-ring (bicyclic) bond motifs is 1. The third-order valence-corrected chi connectivity index (χ3v) is 6.38. The van der Waals surface area contributed by atoms with E-state index < -0.39 is 17.8 Å². The van der Waals surface area contributed by atoms with Crippen LogP contribution in [0.25, 0.3) is 0 Å². The van der Waals surface area contributed by atoms with Crippen LogP contribution in [-0.2, 0) is 29.0 Å². The van der Waals surface area contributed by atoms with Crippen LogP contribution in [-0.4, -0.2) is 41.0 Å². The van der Waals surface area contributed by atoms with Crippen molar-refractivity contribution in [2.24, 2.45) is 5.92 Å². The zero-order valence-electron chi connectivity index (χ0n) is 20.7. The van der Waals surface area contributed by atoms with Gasteiger partial charge in [0.25, 0.3) is 0 Å². The first-order chi connectivity index (χ1) is 17.1. The molecule has 3 rings (SSSR count). The lowest BCUT2D eigenvalue weighted by molar-refractivity contribution is -0.143. The van der Waals surface area contributed by atoms with Crippen LogP contribution in [0.2, 0.25) is 5.02 Å². The number of benzene rings is 2. The van der Waals surface area contributed by atoms with Crippen molar-refractivity contribution < 1.29 is 29.0 Å². The van der Waals surface area contributed by atoms with Gasteiger partial charge in [-0.1, -0.05) is 44.0 Å². The monoisotopic (exact) mass is 520 g/mol. The van der Waals surface area contributed by atoms with Gasteiger partial charge >= 0.3 is 11.9 Å². The second-order valence-corrected chi connectivity index (χ2v) is 9.31. The van der Waals surface area contributed by atoms with E-state index in [1.807, 2.05) is 26.0 Å². The van der Waals surface area contributed by atoms with Gasteiger partial charge < -0.3 is 20.8 Å². The van der Waals surface area contributed by atoms with Gasteiger partial charge in [-0.15, -0.1) is 0 Å². The number of hydrogen-bond donors (Lipinski definition) is 4. The summed E-state index contributed by atoms with van der Waals surface area (Å²) in [5.74, 6) is -2.47. The molecule has 1 aliphatic rings. The van der Waals surface area contributed by atoms with Gasteiger partial charge in [-0.05, 0) is 66.7 Å². The van der Waals surface area contributed by atoms with Gasteiger partial charge in [0.05, 0.1) is 29.1 Å². The topological polar surface area (TPSA) is 116 Å². The number of Topliss-reactive ketones (excluding diaryl/α,β-unsaturated/α-hetero) is 1. The molecule has 0 saturated carbocycles. The largest absolute Gasteiger partial charge is 0.481 e. The fourth-order valence-electron chi connectivity index (χ4n) is 3.80. The maximum atomic E-state index is 14.5. The maximum Gasteiger partial charge on any atom is 0.303 e. The van der Waals surface area contributed by atoms with Gasteiger partial charge in [0, 0.05) is 13.0 Å². The van der Waals surface area contributed by atoms with Crippen molar-refractivity contribution in [2.45, 2.75) is 58.9 Å². The number of carboxylic acids is 2. The Labute approximate surface area is 216 Å². The summed E-state index contributed by atoms with van der Waals surface area (Å²) in [7, 11) is 0. The van der Waals surface area contributed by atoms with E-state index in [1.54, 1.807) is 6.07 Å². The molecule has 9 heteroatoms. The van der Waals surface area contributed by atoms with Gasteiger partial charge in [-0.3, -0.25) is 14.4 Å². The van der Waals surface area contributed by atoms with Crippen LogP contribution in [0.5, 0.6) is 0 Å². The summed E-state index contributed by atoms with van der Waals surface area (Å²) in [6, 6.07) is 8.89.